The minimum atomic E-state index is 0.552. The van der Waals surface area contributed by atoms with Crippen LogP contribution in [-0.2, 0) is 19.5 Å². The van der Waals surface area contributed by atoms with Crippen molar-refractivity contribution in [3.05, 3.63) is 81.8 Å². The van der Waals surface area contributed by atoms with Crippen molar-refractivity contribution < 1.29 is 4.42 Å². The molecule has 0 amide bonds. The molecule has 0 unspecified atom stereocenters. The largest absolute Gasteiger partial charge is 0.448 e. The fourth-order valence-corrected chi connectivity index (χ4v) is 3.59. The molecular formula is C22H22ClN5O. The Labute approximate surface area is 174 Å². The smallest absolute Gasteiger partial charge is 0.198 e. The summed E-state index contributed by atoms with van der Waals surface area (Å²) in [5.41, 5.74) is 11.9. The Hall–Kier alpha value is -2.96. The molecule has 3 heterocycles. The topological polar surface area (TPSA) is 89.9 Å². The van der Waals surface area contributed by atoms with E-state index < -0.39 is 0 Å². The zero-order valence-electron chi connectivity index (χ0n) is 16.4. The number of pyridine rings is 2. The van der Waals surface area contributed by atoms with Crippen LogP contribution in [0.5, 0.6) is 0 Å². The molecule has 0 aliphatic rings. The molecular weight excluding hydrogens is 386 g/mol. The van der Waals surface area contributed by atoms with Crippen LogP contribution < -0.4 is 11.1 Å². The molecule has 0 aliphatic heterocycles. The lowest BCUT2D eigenvalue weighted by Gasteiger charge is -2.10. The quantitative estimate of drug-likeness (QED) is 0.493. The number of fused-ring (bicyclic) bond motifs is 1. The van der Waals surface area contributed by atoms with Gasteiger partial charge in [0, 0.05) is 36.8 Å². The second kappa shape index (κ2) is 8.19. The predicted octanol–water partition coefficient (Wildman–Crippen LogP) is 4.35. The van der Waals surface area contributed by atoms with Gasteiger partial charge in [-0.05, 0) is 54.8 Å². The van der Waals surface area contributed by atoms with Gasteiger partial charge in [0.25, 0.3) is 0 Å². The highest BCUT2D eigenvalue weighted by Gasteiger charge is 2.09. The monoisotopic (exact) mass is 407 g/mol. The molecule has 4 aromatic rings. The average Bonchev–Trinajstić information content (AvgIpc) is 3.10. The number of benzene rings is 1. The minimum absolute atomic E-state index is 0.552. The van der Waals surface area contributed by atoms with E-state index >= 15 is 0 Å². The van der Waals surface area contributed by atoms with Gasteiger partial charge in [-0.2, -0.15) is 0 Å². The van der Waals surface area contributed by atoms with Gasteiger partial charge < -0.3 is 15.5 Å². The molecule has 0 spiro atoms. The number of aromatic nitrogens is 3. The Morgan fingerprint density at radius 1 is 1.10 bits per heavy atom. The van der Waals surface area contributed by atoms with Crippen molar-refractivity contribution in [2.24, 2.45) is 0 Å². The zero-order valence-corrected chi connectivity index (χ0v) is 17.1. The molecule has 0 atom stereocenters. The Bertz CT molecular complexity index is 1150. The van der Waals surface area contributed by atoms with Gasteiger partial charge >= 0.3 is 0 Å². The van der Waals surface area contributed by atoms with Crippen LogP contribution in [0.4, 0.5) is 5.82 Å². The molecule has 148 valence electrons. The van der Waals surface area contributed by atoms with Crippen molar-refractivity contribution in [1.82, 2.24) is 20.3 Å². The first-order valence-corrected chi connectivity index (χ1v) is 9.76. The number of anilines is 1. The lowest BCUT2D eigenvalue weighted by molar-refractivity contribution is 0.506. The summed E-state index contributed by atoms with van der Waals surface area (Å²) in [7, 11) is 0. The standard InChI is InChI=1S/C22H22ClN5O/c1-13-5-21(24)27-14(2)19(13)11-25-10-18-12-29-22(28-18)7-15-3-4-20-16(6-15)8-17(23)9-26-20/h3-6,8-9,12,25H,7,10-11H2,1-2H3,(H2,24,27). The first-order valence-electron chi connectivity index (χ1n) is 9.39. The summed E-state index contributed by atoms with van der Waals surface area (Å²) >= 11 is 6.04. The molecule has 7 heteroatoms. The molecule has 1 aromatic carbocycles. The SMILES string of the molecule is Cc1cc(N)nc(C)c1CNCc1coc(Cc2ccc3ncc(Cl)cc3c2)n1. The molecule has 3 N–H and O–H groups in total. The molecule has 0 fully saturated rings. The van der Waals surface area contributed by atoms with Gasteiger partial charge in [-0.15, -0.1) is 0 Å². The number of hydrogen-bond acceptors (Lipinski definition) is 6. The third-order valence-corrected chi connectivity index (χ3v) is 5.06. The summed E-state index contributed by atoms with van der Waals surface area (Å²) in [5.74, 6) is 1.23. The number of oxazole rings is 1. The van der Waals surface area contributed by atoms with Gasteiger partial charge in [0.2, 0.25) is 0 Å². The molecule has 0 aliphatic carbocycles. The number of nitrogen functional groups attached to an aromatic ring is 1. The molecule has 4 rings (SSSR count). The van der Waals surface area contributed by atoms with E-state index in [4.69, 9.17) is 21.8 Å². The van der Waals surface area contributed by atoms with Crippen molar-refractivity contribution in [2.45, 2.75) is 33.4 Å². The van der Waals surface area contributed by atoms with E-state index in [0.717, 1.165) is 39.0 Å². The van der Waals surface area contributed by atoms with Gasteiger partial charge in [0.05, 0.1) is 16.2 Å². The molecule has 0 saturated carbocycles. The molecule has 0 bridgehead atoms. The van der Waals surface area contributed by atoms with E-state index in [0.29, 0.717) is 36.2 Å². The number of hydrogen-bond donors (Lipinski definition) is 2. The molecule has 0 saturated heterocycles. The number of aryl methyl sites for hydroxylation is 2. The number of nitrogens with zero attached hydrogens (tertiary/aromatic N) is 3. The highest BCUT2D eigenvalue weighted by Crippen LogP contribution is 2.20. The van der Waals surface area contributed by atoms with Crippen LogP contribution >= 0.6 is 11.6 Å². The van der Waals surface area contributed by atoms with Crippen LogP contribution in [-0.4, -0.2) is 15.0 Å². The fourth-order valence-electron chi connectivity index (χ4n) is 3.42. The number of rotatable bonds is 6. The highest BCUT2D eigenvalue weighted by molar-refractivity contribution is 6.31. The molecule has 29 heavy (non-hydrogen) atoms. The summed E-state index contributed by atoms with van der Waals surface area (Å²) in [6.45, 7) is 5.33. The Morgan fingerprint density at radius 3 is 2.79 bits per heavy atom. The van der Waals surface area contributed by atoms with E-state index in [-0.39, 0.29) is 0 Å². The first-order chi connectivity index (χ1) is 14.0. The van der Waals surface area contributed by atoms with Gasteiger partial charge in [-0.25, -0.2) is 9.97 Å². The van der Waals surface area contributed by atoms with Crippen molar-refractivity contribution in [2.75, 3.05) is 5.73 Å². The normalized spacial score (nSPS) is 11.3. The van der Waals surface area contributed by atoms with E-state index in [9.17, 15) is 0 Å². The predicted molar refractivity (Wildman–Crippen MR) is 115 cm³/mol. The van der Waals surface area contributed by atoms with Gasteiger partial charge in [-0.3, -0.25) is 4.98 Å². The van der Waals surface area contributed by atoms with Crippen LogP contribution in [0.15, 0.2) is 47.2 Å². The van der Waals surface area contributed by atoms with Crippen molar-refractivity contribution in [1.29, 1.82) is 0 Å². The highest BCUT2D eigenvalue weighted by atomic mass is 35.5. The summed E-state index contributed by atoms with van der Waals surface area (Å²) in [5, 5.41) is 5.03. The van der Waals surface area contributed by atoms with Crippen LogP contribution in [0.1, 0.15) is 34.0 Å². The second-order valence-corrected chi connectivity index (χ2v) is 7.56. The number of halogens is 1. The van der Waals surface area contributed by atoms with Crippen LogP contribution in [0, 0.1) is 13.8 Å². The van der Waals surface area contributed by atoms with E-state index in [1.54, 1.807) is 12.5 Å². The maximum absolute atomic E-state index is 6.04. The maximum atomic E-state index is 6.04. The minimum Gasteiger partial charge on any atom is -0.448 e. The Morgan fingerprint density at radius 2 is 1.97 bits per heavy atom. The van der Waals surface area contributed by atoms with Crippen molar-refractivity contribution in [3.63, 3.8) is 0 Å². The van der Waals surface area contributed by atoms with Crippen molar-refractivity contribution in [3.8, 4) is 0 Å². The summed E-state index contributed by atoms with van der Waals surface area (Å²) in [4.78, 5) is 13.2. The summed E-state index contributed by atoms with van der Waals surface area (Å²) in [6.07, 6.45) is 3.96. The molecule has 6 nitrogen and oxygen atoms in total. The van der Waals surface area contributed by atoms with Gasteiger partial charge in [0.1, 0.15) is 12.1 Å². The third-order valence-electron chi connectivity index (χ3n) is 4.85. The van der Waals surface area contributed by atoms with Gasteiger partial charge in [-0.1, -0.05) is 17.7 Å². The number of nitrogens with two attached hydrogens (primary N) is 1. The van der Waals surface area contributed by atoms with Gasteiger partial charge in [0.15, 0.2) is 5.89 Å². The third kappa shape index (κ3) is 4.55. The van der Waals surface area contributed by atoms with Crippen LogP contribution in [0.25, 0.3) is 10.9 Å². The molecule has 3 aromatic heterocycles. The van der Waals surface area contributed by atoms with Crippen LogP contribution in [0.3, 0.4) is 0 Å². The lowest BCUT2D eigenvalue weighted by Crippen LogP contribution is -2.15. The maximum Gasteiger partial charge on any atom is 0.198 e. The first kappa shape index (κ1) is 19.4. The van der Waals surface area contributed by atoms with E-state index in [2.05, 4.69) is 26.3 Å². The van der Waals surface area contributed by atoms with E-state index in [1.165, 1.54) is 0 Å². The average molecular weight is 408 g/mol. The lowest BCUT2D eigenvalue weighted by atomic mass is 10.1. The summed E-state index contributed by atoms with van der Waals surface area (Å²) in [6, 6.07) is 9.89. The second-order valence-electron chi connectivity index (χ2n) is 7.12. The molecule has 0 radical (unpaired) electrons. The zero-order chi connectivity index (χ0) is 20.4. The fraction of sp³-hybridized carbons (Fsp3) is 0.227. The Kier molecular flexibility index (Phi) is 5.47. The number of nitrogens with one attached hydrogen (secondary N) is 1. The van der Waals surface area contributed by atoms with Crippen molar-refractivity contribution >= 4 is 28.3 Å². The Balaban J connectivity index is 1.39. The summed E-state index contributed by atoms with van der Waals surface area (Å²) < 4.78 is 5.65. The van der Waals surface area contributed by atoms with Crippen LogP contribution in [0.2, 0.25) is 5.02 Å². The van der Waals surface area contributed by atoms with E-state index in [1.807, 2.05) is 38.1 Å².